The van der Waals surface area contributed by atoms with Crippen molar-refractivity contribution in [3.05, 3.63) is 40.5 Å². The molecular weight excluding hydrogens is 232 g/mol. The quantitative estimate of drug-likeness (QED) is 0.560. The molecular formula is C18H24O. The molecule has 1 nitrogen and oxygen atoms in total. The monoisotopic (exact) mass is 256 g/mol. The Hall–Kier alpha value is -1.37. The van der Waals surface area contributed by atoms with Gasteiger partial charge in [-0.25, -0.2) is 0 Å². The Labute approximate surface area is 116 Å². The number of benzene rings is 1. The summed E-state index contributed by atoms with van der Waals surface area (Å²) in [6.45, 7) is 11.4. The molecule has 0 unspecified atom stereocenters. The van der Waals surface area contributed by atoms with Crippen LogP contribution in [0.5, 0.6) is 0 Å². The first-order chi connectivity index (χ1) is 8.78. The molecule has 0 saturated carbocycles. The lowest BCUT2D eigenvalue weighted by Crippen LogP contribution is -2.34. The van der Waals surface area contributed by atoms with Gasteiger partial charge < -0.3 is 0 Å². The van der Waals surface area contributed by atoms with Crippen molar-refractivity contribution in [3.8, 4) is 0 Å². The highest BCUT2D eigenvalue weighted by molar-refractivity contribution is 5.75. The van der Waals surface area contributed by atoms with Crippen molar-refractivity contribution in [1.82, 2.24) is 0 Å². The minimum Gasteiger partial charge on any atom is -0.299 e. The van der Waals surface area contributed by atoms with Crippen LogP contribution in [0.3, 0.4) is 0 Å². The number of aryl methyl sites for hydroxylation is 1. The molecule has 1 aromatic carbocycles. The van der Waals surface area contributed by atoms with E-state index in [1.807, 2.05) is 6.08 Å². The largest absolute Gasteiger partial charge is 0.299 e. The summed E-state index contributed by atoms with van der Waals surface area (Å²) in [4.78, 5) is 10.5. The number of carbonyl (C=O) groups is 1. The van der Waals surface area contributed by atoms with E-state index < -0.39 is 0 Å². The summed E-state index contributed by atoms with van der Waals surface area (Å²) in [5.41, 5.74) is 5.81. The lowest BCUT2D eigenvalue weighted by molar-refractivity contribution is -0.104. The summed E-state index contributed by atoms with van der Waals surface area (Å²) in [6, 6.07) is 4.60. The molecule has 2 rings (SSSR count). The molecule has 0 spiro atoms. The number of carbonyl (C=O) groups excluding carboxylic acids is 1. The Morgan fingerprint density at radius 3 is 2.05 bits per heavy atom. The number of hydrogen-bond acceptors (Lipinski definition) is 1. The van der Waals surface area contributed by atoms with Crippen LogP contribution >= 0.6 is 0 Å². The van der Waals surface area contributed by atoms with Crippen LogP contribution in [-0.4, -0.2) is 6.29 Å². The van der Waals surface area contributed by atoms with Crippen molar-refractivity contribution < 1.29 is 4.79 Å². The maximum absolute atomic E-state index is 10.5. The topological polar surface area (TPSA) is 17.1 Å². The predicted octanol–water partition coefficient (Wildman–Crippen LogP) is 4.56. The SMILES string of the molecule is Cc1cc2c(cc1/C=C/C=O)C(C)(C)CCC2(C)C. The second kappa shape index (κ2) is 4.63. The first-order valence-electron chi connectivity index (χ1n) is 7.05. The molecule has 1 aliphatic rings. The van der Waals surface area contributed by atoms with Gasteiger partial charge in [0, 0.05) is 0 Å². The predicted molar refractivity (Wildman–Crippen MR) is 81.6 cm³/mol. The molecule has 0 saturated heterocycles. The standard InChI is InChI=1S/C18H24O/c1-13-11-15-16(12-14(13)7-6-10-19)18(4,5)9-8-17(15,2)3/h6-7,10-12H,8-9H2,1-5H3/b7-6+. The van der Waals surface area contributed by atoms with E-state index in [1.165, 1.54) is 29.5 Å². The van der Waals surface area contributed by atoms with E-state index >= 15 is 0 Å². The lowest BCUT2D eigenvalue weighted by Gasteiger charge is -2.42. The van der Waals surface area contributed by atoms with E-state index in [0.717, 1.165) is 11.8 Å². The van der Waals surface area contributed by atoms with Crippen LogP contribution in [0.1, 0.15) is 62.8 Å². The lowest BCUT2D eigenvalue weighted by atomic mass is 9.62. The molecule has 0 amide bonds. The number of allylic oxidation sites excluding steroid dienone is 1. The van der Waals surface area contributed by atoms with Crippen LogP contribution in [0.15, 0.2) is 18.2 Å². The Morgan fingerprint density at radius 1 is 1.00 bits per heavy atom. The number of aldehydes is 1. The van der Waals surface area contributed by atoms with Gasteiger partial charge in [-0.3, -0.25) is 4.79 Å². The maximum atomic E-state index is 10.5. The number of fused-ring (bicyclic) bond motifs is 1. The Kier molecular flexibility index (Phi) is 3.42. The minimum absolute atomic E-state index is 0.225. The van der Waals surface area contributed by atoms with Gasteiger partial charge in [-0.1, -0.05) is 45.9 Å². The fraction of sp³-hybridized carbons (Fsp3) is 0.500. The van der Waals surface area contributed by atoms with Gasteiger partial charge in [-0.05, 0) is 58.9 Å². The van der Waals surface area contributed by atoms with E-state index in [9.17, 15) is 4.79 Å². The summed E-state index contributed by atoms with van der Waals surface area (Å²) in [7, 11) is 0. The van der Waals surface area contributed by atoms with Crippen LogP contribution in [0, 0.1) is 6.92 Å². The van der Waals surface area contributed by atoms with Crippen molar-refractivity contribution in [2.45, 2.75) is 58.3 Å². The second-order valence-electron chi connectivity index (χ2n) is 7.02. The van der Waals surface area contributed by atoms with Crippen molar-refractivity contribution >= 4 is 12.4 Å². The average Bonchev–Trinajstić information content (AvgIpc) is 2.33. The highest BCUT2D eigenvalue weighted by atomic mass is 16.1. The molecule has 1 aliphatic carbocycles. The van der Waals surface area contributed by atoms with Crippen LogP contribution in [0.4, 0.5) is 0 Å². The van der Waals surface area contributed by atoms with Gasteiger partial charge in [0.15, 0.2) is 0 Å². The Balaban J connectivity index is 2.64. The van der Waals surface area contributed by atoms with Crippen LogP contribution in [-0.2, 0) is 15.6 Å². The van der Waals surface area contributed by atoms with Gasteiger partial charge in [0.05, 0.1) is 0 Å². The van der Waals surface area contributed by atoms with Gasteiger partial charge in [0.2, 0.25) is 0 Å². The minimum atomic E-state index is 0.225. The zero-order valence-corrected chi connectivity index (χ0v) is 12.7. The van der Waals surface area contributed by atoms with Crippen LogP contribution in [0.25, 0.3) is 6.08 Å². The van der Waals surface area contributed by atoms with E-state index in [4.69, 9.17) is 0 Å². The second-order valence-corrected chi connectivity index (χ2v) is 7.02. The molecule has 1 aromatic rings. The number of rotatable bonds is 2. The van der Waals surface area contributed by atoms with Crippen molar-refractivity contribution in [3.63, 3.8) is 0 Å². The molecule has 0 heterocycles. The third-order valence-corrected chi connectivity index (χ3v) is 4.59. The molecule has 0 aromatic heterocycles. The van der Waals surface area contributed by atoms with Crippen molar-refractivity contribution in [2.75, 3.05) is 0 Å². The molecule has 0 N–H and O–H groups in total. The van der Waals surface area contributed by atoms with E-state index in [0.29, 0.717) is 0 Å². The molecule has 19 heavy (non-hydrogen) atoms. The molecule has 0 aliphatic heterocycles. The summed E-state index contributed by atoms with van der Waals surface area (Å²) < 4.78 is 0. The molecule has 1 heteroatoms. The third kappa shape index (κ3) is 2.51. The van der Waals surface area contributed by atoms with Crippen LogP contribution in [0.2, 0.25) is 0 Å². The first-order valence-corrected chi connectivity index (χ1v) is 7.05. The molecule has 0 atom stereocenters. The normalized spacial score (nSPS) is 20.3. The van der Waals surface area contributed by atoms with Crippen molar-refractivity contribution in [1.29, 1.82) is 0 Å². The first kappa shape index (κ1) is 14.0. The van der Waals surface area contributed by atoms with Gasteiger partial charge in [0.25, 0.3) is 0 Å². The molecule has 0 radical (unpaired) electrons. The third-order valence-electron chi connectivity index (χ3n) is 4.59. The summed E-state index contributed by atoms with van der Waals surface area (Å²) >= 11 is 0. The fourth-order valence-electron chi connectivity index (χ4n) is 3.06. The van der Waals surface area contributed by atoms with E-state index in [-0.39, 0.29) is 10.8 Å². The molecule has 0 bridgehead atoms. The maximum Gasteiger partial charge on any atom is 0.142 e. The summed E-state index contributed by atoms with van der Waals surface area (Å²) in [6.07, 6.45) is 6.78. The van der Waals surface area contributed by atoms with Gasteiger partial charge >= 0.3 is 0 Å². The molecule has 0 fully saturated rings. The smallest absolute Gasteiger partial charge is 0.142 e. The Bertz CT molecular complexity index is 533. The van der Waals surface area contributed by atoms with Gasteiger partial charge in [-0.2, -0.15) is 0 Å². The van der Waals surface area contributed by atoms with Gasteiger partial charge in [-0.15, -0.1) is 0 Å². The van der Waals surface area contributed by atoms with Crippen molar-refractivity contribution in [2.24, 2.45) is 0 Å². The number of hydrogen-bond donors (Lipinski definition) is 0. The molecule has 102 valence electrons. The average molecular weight is 256 g/mol. The Morgan fingerprint density at radius 2 is 1.53 bits per heavy atom. The van der Waals surface area contributed by atoms with E-state index in [2.05, 4.69) is 46.8 Å². The fourth-order valence-corrected chi connectivity index (χ4v) is 3.06. The highest BCUT2D eigenvalue weighted by Gasteiger charge is 2.37. The highest BCUT2D eigenvalue weighted by Crippen LogP contribution is 2.46. The van der Waals surface area contributed by atoms with E-state index in [1.54, 1.807) is 6.08 Å². The van der Waals surface area contributed by atoms with Gasteiger partial charge in [0.1, 0.15) is 6.29 Å². The zero-order chi connectivity index (χ0) is 14.3. The summed E-state index contributed by atoms with van der Waals surface area (Å²) in [5.74, 6) is 0. The zero-order valence-electron chi connectivity index (χ0n) is 12.7. The summed E-state index contributed by atoms with van der Waals surface area (Å²) in [5, 5.41) is 0. The van der Waals surface area contributed by atoms with Crippen LogP contribution < -0.4 is 0 Å².